The van der Waals surface area contributed by atoms with Crippen LogP contribution in [0, 0.1) is 5.92 Å². The third-order valence-electron chi connectivity index (χ3n) is 3.41. The van der Waals surface area contributed by atoms with Crippen LogP contribution in [0.25, 0.3) is 0 Å². The fraction of sp³-hybridized carbons (Fsp3) is 0.375. The Bertz CT molecular complexity index is 531. The Labute approximate surface area is 119 Å². The van der Waals surface area contributed by atoms with Crippen LogP contribution in [0.4, 0.5) is 5.69 Å². The van der Waals surface area contributed by atoms with Crippen molar-refractivity contribution < 1.29 is 9.59 Å². The topological polar surface area (TPSA) is 49.4 Å². The number of nitrogens with zero attached hydrogens (tertiary/aromatic N) is 1. The van der Waals surface area contributed by atoms with E-state index in [-0.39, 0.29) is 17.6 Å². The highest BCUT2D eigenvalue weighted by molar-refractivity contribution is 6.05. The SMILES string of the molecule is CN(C)C=CC(=O)c1cccc(NC(=O)C2CCC2)c1. The van der Waals surface area contributed by atoms with Crippen LogP contribution in [-0.2, 0) is 4.79 Å². The maximum atomic E-state index is 12.0. The molecule has 1 N–H and O–H groups in total. The van der Waals surface area contributed by atoms with Crippen LogP contribution in [0.1, 0.15) is 29.6 Å². The van der Waals surface area contributed by atoms with Gasteiger partial charge in [-0.3, -0.25) is 9.59 Å². The molecular formula is C16H20N2O2. The first-order chi connectivity index (χ1) is 9.56. The minimum Gasteiger partial charge on any atom is -0.383 e. The lowest BCUT2D eigenvalue weighted by Gasteiger charge is -2.24. The molecule has 0 atom stereocenters. The zero-order valence-corrected chi connectivity index (χ0v) is 11.9. The van der Waals surface area contributed by atoms with Crippen molar-refractivity contribution in [1.82, 2.24) is 4.90 Å². The summed E-state index contributed by atoms with van der Waals surface area (Å²) in [7, 11) is 3.72. The van der Waals surface area contributed by atoms with Gasteiger partial charge >= 0.3 is 0 Å². The molecule has 0 saturated heterocycles. The van der Waals surface area contributed by atoms with Crippen molar-refractivity contribution in [3.8, 4) is 0 Å². The number of allylic oxidation sites excluding steroid dienone is 1. The maximum absolute atomic E-state index is 12.0. The molecule has 2 rings (SSSR count). The van der Waals surface area contributed by atoms with Crippen LogP contribution < -0.4 is 5.32 Å². The number of ketones is 1. The monoisotopic (exact) mass is 272 g/mol. The highest BCUT2D eigenvalue weighted by Gasteiger charge is 2.25. The molecule has 1 aliphatic rings. The van der Waals surface area contributed by atoms with Gasteiger partial charge in [0.1, 0.15) is 0 Å². The summed E-state index contributed by atoms with van der Waals surface area (Å²) in [6.45, 7) is 0. The lowest BCUT2D eigenvalue weighted by molar-refractivity contribution is -0.122. The second-order valence-corrected chi connectivity index (χ2v) is 5.34. The molecule has 0 heterocycles. The van der Waals surface area contributed by atoms with Gasteiger partial charge in [-0.1, -0.05) is 18.6 Å². The van der Waals surface area contributed by atoms with Gasteiger partial charge in [-0.05, 0) is 25.0 Å². The first-order valence-corrected chi connectivity index (χ1v) is 6.86. The van der Waals surface area contributed by atoms with E-state index in [4.69, 9.17) is 0 Å². The van der Waals surface area contributed by atoms with Crippen LogP contribution in [0.2, 0.25) is 0 Å². The number of carbonyl (C=O) groups excluding carboxylic acids is 2. The van der Waals surface area contributed by atoms with Crippen LogP contribution in [-0.4, -0.2) is 30.7 Å². The third kappa shape index (κ3) is 3.70. The maximum Gasteiger partial charge on any atom is 0.227 e. The molecular weight excluding hydrogens is 252 g/mol. The van der Waals surface area contributed by atoms with Crippen molar-refractivity contribution in [3.05, 3.63) is 42.1 Å². The Balaban J connectivity index is 2.03. The Morgan fingerprint density at radius 1 is 1.30 bits per heavy atom. The second-order valence-electron chi connectivity index (χ2n) is 5.34. The number of rotatable bonds is 5. The van der Waals surface area contributed by atoms with Gasteiger partial charge in [-0.25, -0.2) is 0 Å². The molecule has 1 saturated carbocycles. The first kappa shape index (κ1) is 14.3. The summed E-state index contributed by atoms with van der Waals surface area (Å²) in [5.41, 5.74) is 1.26. The lowest BCUT2D eigenvalue weighted by Crippen LogP contribution is -2.28. The summed E-state index contributed by atoms with van der Waals surface area (Å²) >= 11 is 0. The summed E-state index contributed by atoms with van der Waals surface area (Å²) in [6, 6.07) is 7.07. The molecule has 0 aliphatic heterocycles. The molecule has 1 aliphatic carbocycles. The standard InChI is InChI=1S/C16H20N2O2/c1-18(2)10-9-15(19)13-7-4-8-14(11-13)17-16(20)12-5-3-6-12/h4,7-12H,3,5-6H2,1-2H3,(H,17,20). The molecule has 1 fully saturated rings. The molecule has 1 aromatic carbocycles. The number of amides is 1. The zero-order chi connectivity index (χ0) is 14.5. The van der Waals surface area contributed by atoms with E-state index in [0.717, 1.165) is 19.3 Å². The van der Waals surface area contributed by atoms with Crippen molar-refractivity contribution >= 4 is 17.4 Å². The van der Waals surface area contributed by atoms with Gasteiger partial charge in [-0.2, -0.15) is 0 Å². The minimum atomic E-state index is -0.0709. The van der Waals surface area contributed by atoms with Gasteiger partial charge in [0.2, 0.25) is 5.91 Å². The van der Waals surface area contributed by atoms with E-state index >= 15 is 0 Å². The van der Waals surface area contributed by atoms with E-state index in [1.807, 2.05) is 20.2 Å². The van der Waals surface area contributed by atoms with Crippen LogP contribution in [0.3, 0.4) is 0 Å². The average molecular weight is 272 g/mol. The predicted molar refractivity (Wildman–Crippen MR) is 79.6 cm³/mol. The van der Waals surface area contributed by atoms with E-state index in [0.29, 0.717) is 11.3 Å². The molecule has 20 heavy (non-hydrogen) atoms. The smallest absolute Gasteiger partial charge is 0.227 e. The minimum absolute atomic E-state index is 0.0599. The highest BCUT2D eigenvalue weighted by atomic mass is 16.2. The molecule has 106 valence electrons. The van der Waals surface area contributed by atoms with Gasteiger partial charge in [0.25, 0.3) is 0 Å². The molecule has 4 nitrogen and oxygen atoms in total. The van der Waals surface area contributed by atoms with E-state index in [9.17, 15) is 9.59 Å². The Hall–Kier alpha value is -2.10. The summed E-state index contributed by atoms with van der Waals surface area (Å²) in [5, 5.41) is 2.88. The van der Waals surface area contributed by atoms with Crippen LogP contribution in [0.15, 0.2) is 36.5 Å². The fourth-order valence-electron chi connectivity index (χ4n) is 1.98. The molecule has 0 aromatic heterocycles. The number of hydrogen-bond donors (Lipinski definition) is 1. The van der Waals surface area contributed by atoms with Crippen LogP contribution >= 0.6 is 0 Å². The molecule has 1 aromatic rings. The molecule has 0 unspecified atom stereocenters. The highest BCUT2D eigenvalue weighted by Crippen LogP contribution is 2.27. The quantitative estimate of drug-likeness (QED) is 0.662. The van der Waals surface area contributed by atoms with Gasteiger partial charge in [0, 0.05) is 43.5 Å². The Kier molecular flexibility index (Phi) is 4.56. The van der Waals surface area contributed by atoms with Crippen molar-refractivity contribution in [2.45, 2.75) is 19.3 Å². The Morgan fingerprint density at radius 3 is 2.65 bits per heavy atom. The first-order valence-electron chi connectivity index (χ1n) is 6.86. The van der Waals surface area contributed by atoms with Gasteiger partial charge in [-0.15, -0.1) is 0 Å². The zero-order valence-electron chi connectivity index (χ0n) is 11.9. The second kappa shape index (κ2) is 6.37. The average Bonchev–Trinajstić information content (AvgIpc) is 2.34. The third-order valence-corrected chi connectivity index (χ3v) is 3.41. The number of anilines is 1. The molecule has 4 heteroatoms. The molecule has 1 amide bonds. The Morgan fingerprint density at radius 2 is 2.05 bits per heavy atom. The number of carbonyl (C=O) groups is 2. The van der Waals surface area contributed by atoms with Crippen LogP contribution in [0.5, 0.6) is 0 Å². The number of nitrogens with one attached hydrogen (secondary N) is 1. The van der Waals surface area contributed by atoms with E-state index in [1.54, 1.807) is 29.3 Å². The van der Waals surface area contributed by atoms with Gasteiger partial charge < -0.3 is 10.2 Å². The van der Waals surface area contributed by atoms with E-state index in [1.165, 1.54) is 6.08 Å². The summed E-state index contributed by atoms with van der Waals surface area (Å²) in [4.78, 5) is 25.6. The number of benzene rings is 1. The molecule has 0 radical (unpaired) electrons. The van der Waals surface area contributed by atoms with Gasteiger partial charge in [0.05, 0.1) is 0 Å². The summed E-state index contributed by atoms with van der Waals surface area (Å²) in [6.07, 6.45) is 6.30. The van der Waals surface area contributed by atoms with Crippen molar-refractivity contribution in [1.29, 1.82) is 0 Å². The lowest BCUT2D eigenvalue weighted by atomic mass is 9.85. The fourth-order valence-corrected chi connectivity index (χ4v) is 1.98. The summed E-state index contributed by atoms with van der Waals surface area (Å²) < 4.78 is 0. The molecule has 0 bridgehead atoms. The number of hydrogen-bond acceptors (Lipinski definition) is 3. The predicted octanol–water partition coefficient (Wildman–Crippen LogP) is 2.68. The van der Waals surface area contributed by atoms with Crippen molar-refractivity contribution in [2.75, 3.05) is 19.4 Å². The van der Waals surface area contributed by atoms with E-state index in [2.05, 4.69) is 5.32 Å². The summed E-state index contributed by atoms with van der Waals surface area (Å²) in [5.74, 6) is 0.131. The van der Waals surface area contributed by atoms with E-state index < -0.39 is 0 Å². The van der Waals surface area contributed by atoms with Gasteiger partial charge in [0.15, 0.2) is 5.78 Å². The largest absolute Gasteiger partial charge is 0.383 e. The normalized spacial score (nSPS) is 14.9. The van der Waals surface area contributed by atoms with Crippen molar-refractivity contribution in [3.63, 3.8) is 0 Å². The van der Waals surface area contributed by atoms with Crippen molar-refractivity contribution in [2.24, 2.45) is 5.92 Å². The molecule has 0 spiro atoms.